The Balaban J connectivity index is 2.02. The summed E-state index contributed by atoms with van der Waals surface area (Å²) in [6, 6.07) is 6.87. The van der Waals surface area contributed by atoms with Gasteiger partial charge in [0.2, 0.25) is 5.95 Å². The van der Waals surface area contributed by atoms with E-state index in [1.54, 1.807) is 6.07 Å². The summed E-state index contributed by atoms with van der Waals surface area (Å²) >= 11 is 5.23. The SMILES string of the molecule is CN(c1cccc(F)c1)c1n[nH]c(=S)n1C1CC1. The van der Waals surface area contributed by atoms with Gasteiger partial charge in [-0.1, -0.05) is 6.07 Å². The van der Waals surface area contributed by atoms with E-state index in [0.29, 0.717) is 10.8 Å². The summed E-state index contributed by atoms with van der Waals surface area (Å²) in [4.78, 5) is 1.84. The highest BCUT2D eigenvalue weighted by Gasteiger charge is 2.28. The molecular weight excluding hydrogens is 251 g/mol. The van der Waals surface area contributed by atoms with Crippen molar-refractivity contribution >= 4 is 23.9 Å². The number of nitrogens with one attached hydrogen (secondary N) is 1. The van der Waals surface area contributed by atoms with Crippen LogP contribution in [0.25, 0.3) is 0 Å². The first-order valence-electron chi connectivity index (χ1n) is 5.83. The maximum atomic E-state index is 13.2. The number of rotatable bonds is 3. The Hall–Kier alpha value is -1.69. The molecule has 6 heteroatoms. The molecule has 0 atom stereocenters. The first-order chi connectivity index (χ1) is 8.66. The molecule has 0 bridgehead atoms. The fourth-order valence-corrected chi connectivity index (χ4v) is 2.27. The predicted molar refractivity (Wildman–Crippen MR) is 70.1 cm³/mol. The molecule has 3 rings (SSSR count). The minimum Gasteiger partial charge on any atom is -0.314 e. The van der Waals surface area contributed by atoms with Crippen molar-refractivity contribution in [2.75, 3.05) is 11.9 Å². The van der Waals surface area contributed by atoms with Gasteiger partial charge in [0, 0.05) is 18.8 Å². The molecule has 4 nitrogen and oxygen atoms in total. The predicted octanol–water partition coefficient (Wildman–Crippen LogP) is 3.18. The van der Waals surface area contributed by atoms with E-state index in [1.807, 2.05) is 22.6 Å². The summed E-state index contributed by atoms with van der Waals surface area (Å²) in [6.07, 6.45) is 2.25. The number of anilines is 2. The summed E-state index contributed by atoms with van der Waals surface area (Å²) in [5.74, 6) is 0.472. The molecule has 0 radical (unpaired) electrons. The molecule has 1 N–H and O–H groups in total. The molecule has 0 aliphatic heterocycles. The van der Waals surface area contributed by atoms with Crippen LogP contribution in [0, 0.1) is 10.6 Å². The van der Waals surface area contributed by atoms with Crippen LogP contribution in [0.4, 0.5) is 16.0 Å². The number of hydrogen-bond donors (Lipinski definition) is 1. The van der Waals surface area contributed by atoms with Gasteiger partial charge >= 0.3 is 0 Å². The second kappa shape index (κ2) is 4.20. The van der Waals surface area contributed by atoms with E-state index in [9.17, 15) is 4.39 Å². The molecular formula is C12H13FN4S. The molecule has 0 unspecified atom stereocenters. The van der Waals surface area contributed by atoms with E-state index in [-0.39, 0.29) is 5.82 Å². The van der Waals surface area contributed by atoms with Crippen LogP contribution in [0.1, 0.15) is 18.9 Å². The third-order valence-corrected chi connectivity index (χ3v) is 3.38. The van der Waals surface area contributed by atoms with E-state index in [0.717, 1.165) is 24.5 Å². The van der Waals surface area contributed by atoms with E-state index < -0.39 is 0 Å². The molecule has 1 aliphatic rings. The second-order valence-corrected chi connectivity index (χ2v) is 4.86. The average molecular weight is 264 g/mol. The summed E-state index contributed by atoms with van der Waals surface area (Å²) < 4.78 is 15.9. The first kappa shape index (κ1) is 11.4. The van der Waals surface area contributed by atoms with E-state index >= 15 is 0 Å². The third kappa shape index (κ3) is 1.92. The maximum Gasteiger partial charge on any atom is 0.230 e. The van der Waals surface area contributed by atoms with Crippen LogP contribution in [0.2, 0.25) is 0 Å². The Morgan fingerprint density at radius 2 is 2.28 bits per heavy atom. The monoisotopic (exact) mass is 264 g/mol. The van der Waals surface area contributed by atoms with Gasteiger partial charge in [-0.25, -0.2) is 9.49 Å². The zero-order valence-corrected chi connectivity index (χ0v) is 10.7. The van der Waals surface area contributed by atoms with E-state index in [4.69, 9.17) is 12.2 Å². The van der Waals surface area contributed by atoms with Crippen molar-refractivity contribution in [1.82, 2.24) is 14.8 Å². The van der Waals surface area contributed by atoms with Crippen LogP contribution in [0.3, 0.4) is 0 Å². The van der Waals surface area contributed by atoms with Crippen LogP contribution in [0.5, 0.6) is 0 Å². The number of aromatic nitrogens is 3. The fraction of sp³-hybridized carbons (Fsp3) is 0.333. The molecule has 0 saturated heterocycles. The lowest BCUT2D eigenvalue weighted by Gasteiger charge is -2.18. The summed E-state index contributed by atoms with van der Waals surface area (Å²) in [7, 11) is 1.86. The Kier molecular flexibility index (Phi) is 2.66. The third-order valence-electron chi connectivity index (χ3n) is 3.09. The molecule has 0 amide bonds. The van der Waals surface area contributed by atoms with Gasteiger partial charge in [0.15, 0.2) is 4.77 Å². The van der Waals surface area contributed by atoms with Gasteiger partial charge in [0.05, 0.1) is 0 Å². The maximum absolute atomic E-state index is 13.2. The summed E-state index contributed by atoms with van der Waals surface area (Å²) in [5, 5.41) is 7.04. The van der Waals surface area contributed by atoms with Crippen LogP contribution in [-0.2, 0) is 0 Å². The normalized spacial score (nSPS) is 14.8. The molecule has 1 saturated carbocycles. The van der Waals surface area contributed by atoms with Gasteiger partial charge in [-0.05, 0) is 43.3 Å². The lowest BCUT2D eigenvalue weighted by Crippen LogP contribution is -2.15. The second-order valence-electron chi connectivity index (χ2n) is 4.47. The molecule has 1 aromatic heterocycles. The van der Waals surface area contributed by atoms with Crippen LogP contribution < -0.4 is 4.90 Å². The zero-order valence-electron chi connectivity index (χ0n) is 9.93. The number of benzene rings is 1. The highest BCUT2D eigenvalue weighted by molar-refractivity contribution is 7.71. The number of hydrogen-bond acceptors (Lipinski definition) is 3. The Morgan fingerprint density at radius 1 is 1.50 bits per heavy atom. The van der Waals surface area contributed by atoms with Crippen LogP contribution in [0.15, 0.2) is 24.3 Å². The van der Waals surface area contributed by atoms with Crippen molar-refractivity contribution in [3.8, 4) is 0 Å². The number of halogens is 1. The standard InChI is InChI=1S/C12H13FN4S/c1-16(10-4-2-3-8(13)7-10)11-14-15-12(18)17(11)9-5-6-9/h2-4,7,9H,5-6H2,1H3,(H,15,18). The van der Waals surface area contributed by atoms with Gasteiger partial charge in [-0.15, -0.1) is 5.10 Å². The van der Waals surface area contributed by atoms with Gasteiger partial charge in [0.25, 0.3) is 0 Å². The van der Waals surface area contributed by atoms with Gasteiger partial charge < -0.3 is 4.90 Å². The summed E-state index contributed by atoms with van der Waals surface area (Å²) in [5.41, 5.74) is 0.755. The molecule has 18 heavy (non-hydrogen) atoms. The van der Waals surface area contributed by atoms with E-state index in [2.05, 4.69) is 10.2 Å². The molecule has 1 aromatic carbocycles. The average Bonchev–Trinajstić information content (AvgIpc) is 3.12. The molecule has 1 fully saturated rings. The number of nitrogens with zero attached hydrogens (tertiary/aromatic N) is 3. The molecule has 1 aliphatic carbocycles. The van der Waals surface area contributed by atoms with Gasteiger partial charge in [-0.3, -0.25) is 4.57 Å². The van der Waals surface area contributed by atoms with Crippen molar-refractivity contribution in [3.63, 3.8) is 0 Å². The van der Waals surface area contributed by atoms with Crippen molar-refractivity contribution in [2.45, 2.75) is 18.9 Å². The van der Waals surface area contributed by atoms with Crippen LogP contribution >= 0.6 is 12.2 Å². The Morgan fingerprint density at radius 3 is 2.94 bits per heavy atom. The molecule has 2 aromatic rings. The smallest absolute Gasteiger partial charge is 0.230 e. The Bertz CT molecular complexity index is 629. The lowest BCUT2D eigenvalue weighted by atomic mass is 10.3. The van der Waals surface area contributed by atoms with Crippen LogP contribution in [-0.4, -0.2) is 21.8 Å². The van der Waals surface area contributed by atoms with Crippen molar-refractivity contribution < 1.29 is 4.39 Å². The number of aromatic amines is 1. The van der Waals surface area contributed by atoms with Crippen molar-refractivity contribution in [3.05, 3.63) is 34.9 Å². The number of H-pyrrole nitrogens is 1. The van der Waals surface area contributed by atoms with Crippen molar-refractivity contribution in [1.29, 1.82) is 0 Å². The van der Waals surface area contributed by atoms with Crippen molar-refractivity contribution in [2.24, 2.45) is 0 Å². The first-order valence-corrected chi connectivity index (χ1v) is 6.24. The minimum atomic E-state index is -0.258. The Labute approximate surface area is 109 Å². The molecule has 1 heterocycles. The summed E-state index contributed by atoms with van der Waals surface area (Å²) in [6.45, 7) is 0. The fourth-order valence-electron chi connectivity index (χ4n) is 2.00. The minimum absolute atomic E-state index is 0.258. The quantitative estimate of drug-likeness (QED) is 0.865. The topological polar surface area (TPSA) is 36.9 Å². The van der Waals surface area contributed by atoms with Gasteiger partial charge in [-0.2, -0.15) is 0 Å². The molecule has 0 spiro atoms. The highest BCUT2D eigenvalue weighted by atomic mass is 32.1. The molecule has 94 valence electrons. The lowest BCUT2D eigenvalue weighted by molar-refractivity contribution is 0.627. The van der Waals surface area contributed by atoms with Gasteiger partial charge in [0.1, 0.15) is 5.82 Å². The highest BCUT2D eigenvalue weighted by Crippen LogP contribution is 2.38. The van der Waals surface area contributed by atoms with E-state index in [1.165, 1.54) is 12.1 Å². The largest absolute Gasteiger partial charge is 0.314 e. The zero-order chi connectivity index (χ0) is 12.7.